The lowest BCUT2D eigenvalue weighted by molar-refractivity contribution is 0.0481. The molecule has 2 aromatic heterocycles. The summed E-state index contributed by atoms with van der Waals surface area (Å²) in [6.45, 7) is 0. The summed E-state index contributed by atoms with van der Waals surface area (Å²) < 4.78 is 34.0. The van der Waals surface area contributed by atoms with Crippen LogP contribution in [0, 0.1) is 0 Å². The molecule has 0 saturated heterocycles. The second-order valence-electron chi connectivity index (χ2n) is 15.6. The van der Waals surface area contributed by atoms with E-state index in [4.69, 9.17) is 19.9 Å². The van der Waals surface area contributed by atoms with Crippen LogP contribution in [0.3, 0.4) is 0 Å². The monoisotopic (exact) mass is 814 g/mol. The van der Waals surface area contributed by atoms with E-state index in [9.17, 15) is 0 Å². The summed E-state index contributed by atoms with van der Waals surface area (Å²) in [6, 6.07) is 70.6. The van der Waals surface area contributed by atoms with E-state index in [1.165, 1.54) is 0 Å². The van der Waals surface area contributed by atoms with Gasteiger partial charge >= 0.3 is 0 Å². The van der Waals surface area contributed by atoms with Gasteiger partial charge in [-0.25, -0.2) is 19.9 Å². The Labute approximate surface area is 364 Å². The first kappa shape index (κ1) is 37.8. The zero-order valence-electron chi connectivity index (χ0n) is 33.8. The summed E-state index contributed by atoms with van der Waals surface area (Å²) in [4.78, 5) is 19.9. The third-order valence-corrected chi connectivity index (χ3v) is 11.7. The predicted molar refractivity (Wildman–Crippen MR) is 250 cm³/mol. The molecule has 0 bridgehead atoms. The minimum absolute atomic E-state index is 0.0624. The topological polar surface area (TPSA) is 51.6 Å². The summed E-state index contributed by atoms with van der Waals surface area (Å²) in [7, 11) is 0. The van der Waals surface area contributed by atoms with Gasteiger partial charge in [-0.2, -0.15) is 8.78 Å². The fourth-order valence-electron chi connectivity index (χ4n) is 8.39. The molecule has 0 spiro atoms. The summed E-state index contributed by atoms with van der Waals surface area (Å²) >= 11 is 0. The average Bonchev–Trinajstić information content (AvgIpc) is 3.59. The Morgan fingerprint density at radius 2 is 0.524 bits per heavy atom. The predicted octanol–water partition coefficient (Wildman–Crippen LogP) is 14.7. The molecule has 4 nitrogen and oxygen atoms in total. The number of benzene rings is 8. The van der Waals surface area contributed by atoms with Crippen LogP contribution in [0.5, 0.6) is 0 Å². The molecule has 0 unspecified atom stereocenters. The van der Waals surface area contributed by atoms with Crippen LogP contribution >= 0.6 is 0 Å². The van der Waals surface area contributed by atoms with Gasteiger partial charge in [0.05, 0.1) is 22.8 Å². The molecule has 11 rings (SSSR count). The molecule has 1 aliphatic carbocycles. The Kier molecular flexibility index (Phi) is 9.39. The molecule has 298 valence electrons. The van der Waals surface area contributed by atoms with E-state index < -0.39 is 5.92 Å². The number of rotatable bonds is 8. The van der Waals surface area contributed by atoms with Crippen LogP contribution in [0.15, 0.2) is 218 Å². The van der Waals surface area contributed by atoms with Gasteiger partial charge in [0.25, 0.3) is 5.92 Å². The maximum Gasteiger partial charge on any atom is 0.299 e. The second kappa shape index (κ2) is 15.7. The van der Waals surface area contributed by atoms with E-state index in [2.05, 4.69) is 48.5 Å². The van der Waals surface area contributed by atoms with Gasteiger partial charge in [0.15, 0.2) is 11.6 Å². The SMILES string of the molecule is FC1(F)c2cc(-c3cc(-c4ccc(-c5ccccc5)cc4)nc(-c4ccccc4)n3)ccc2-c2ccc(-c3cc(-c4ccc(-c5ccccc5)cc4)nc(-c4ccccc4)n3)cc21. The third-order valence-electron chi connectivity index (χ3n) is 11.7. The van der Waals surface area contributed by atoms with E-state index >= 15 is 8.78 Å². The van der Waals surface area contributed by atoms with E-state index in [1.807, 2.05) is 146 Å². The molecule has 63 heavy (non-hydrogen) atoms. The highest BCUT2D eigenvalue weighted by Gasteiger charge is 2.45. The van der Waals surface area contributed by atoms with Crippen LogP contribution in [-0.2, 0) is 5.92 Å². The standard InChI is InChI=1S/C57H36F2N4/c58-57(59)49-33-45(53-35-51(60-55(62-53)43-17-9-3-10-18-43)41-25-21-39(22-26-41)37-13-5-1-6-14-37)29-31-47(49)48-32-30-46(34-50(48)57)54-36-52(61-56(63-54)44-19-11-4-12-20-44)42-27-23-40(24-28-42)38-15-7-2-8-16-38/h1-36H. The quantitative estimate of drug-likeness (QED) is 0.153. The first-order valence-corrected chi connectivity index (χ1v) is 20.8. The van der Waals surface area contributed by atoms with E-state index in [0.717, 1.165) is 44.5 Å². The molecule has 0 atom stereocenters. The van der Waals surface area contributed by atoms with Gasteiger partial charge in [-0.15, -0.1) is 0 Å². The fourth-order valence-corrected chi connectivity index (χ4v) is 8.39. The van der Waals surface area contributed by atoms with Gasteiger partial charge in [-0.05, 0) is 57.6 Å². The largest absolute Gasteiger partial charge is 0.299 e. The lowest BCUT2D eigenvalue weighted by Crippen LogP contribution is -2.11. The Hall–Kier alpha value is -8.22. The molecule has 10 aromatic rings. The van der Waals surface area contributed by atoms with Crippen LogP contribution in [0.4, 0.5) is 8.78 Å². The van der Waals surface area contributed by atoms with Crippen LogP contribution in [0.25, 0.3) is 101 Å². The van der Waals surface area contributed by atoms with Crippen molar-refractivity contribution in [2.24, 2.45) is 0 Å². The highest BCUT2D eigenvalue weighted by atomic mass is 19.3. The van der Waals surface area contributed by atoms with Gasteiger partial charge in [-0.3, -0.25) is 0 Å². The van der Waals surface area contributed by atoms with Gasteiger partial charge in [0, 0.05) is 44.5 Å². The van der Waals surface area contributed by atoms with Crippen molar-refractivity contribution in [3.63, 3.8) is 0 Å². The molecule has 8 aromatic carbocycles. The number of hydrogen-bond acceptors (Lipinski definition) is 4. The summed E-state index contributed by atoms with van der Waals surface area (Å²) in [5.41, 5.74) is 12.4. The molecule has 1 aliphatic rings. The number of aromatic nitrogens is 4. The van der Waals surface area contributed by atoms with Crippen molar-refractivity contribution in [3.8, 4) is 101 Å². The van der Waals surface area contributed by atoms with Crippen LogP contribution in [0.2, 0.25) is 0 Å². The van der Waals surface area contributed by atoms with E-state index in [-0.39, 0.29) is 11.1 Å². The number of hydrogen-bond donors (Lipinski definition) is 0. The molecule has 0 amide bonds. The Bertz CT molecular complexity index is 3040. The van der Waals surface area contributed by atoms with Crippen LogP contribution in [-0.4, -0.2) is 19.9 Å². The van der Waals surface area contributed by atoms with Crippen molar-refractivity contribution < 1.29 is 8.78 Å². The Morgan fingerprint density at radius 1 is 0.254 bits per heavy atom. The lowest BCUT2D eigenvalue weighted by atomic mass is 9.99. The normalized spacial score (nSPS) is 12.4. The van der Waals surface area contributed by atoms with Crippen molar-refractivity contribution in [3.05, 3.63) is 230 Å². The Balaban J connectivity index is 0.965. The summed E-state index contributed by atoms with van der Waals surface area (Å²) in [6.07, 6.45) is 0. The zero-order valence-corrected chi connectivity index (χ0v) is 33.8. The smallest absolute Gasteiger partial charge is 0.228 e. The maximum atomic E-state index is 17.0. The summed E-state index contributed by atoms with van der Waals surface area (Å²) in [5.74, 6) is -2.25. The lowest BCUT2D eigenvalue weighted by Gasteiger charge is -2.15. The summed E-state index contributed by atoms with van der Waals surface area (Å²) in [5, 5.41) is 0. The second-order valence-corrected chi connectivity index (χ2v) is 15.6. The number of alkyl halides is 2. The number of halogens is 2. The first-order valence-electron chi connectivity index (χ1n) is 20.8. The Morgan fingerprint density at radius 3 is 0.873 bits per heavy atom. The third kappa shape index (κ3) is 7.17. The van der Waals surface area contributed by atoms with Gasteiger partial charge in [0.2, 0.25) is 0 Å². The number of fused-ring (bicyclic) bond motifs is 3. The number of nitrogens with zero attached hydrogens (tertiary/aromatic N) is 4. The highest BCUT2D eigenvalue weighted by molar-refractivity contribution is 5.86. The van der Waals surface area contributed by atoms with Crippen molar-refractivity contribution >= 4 is 0 Å². The van der Waals surface area contributed by atoms with Crippen molar-refractivity contribution in [2.75, 3.05) is 0 Å². The average molecular weight is 815 g/mol. The van der Waals surface area contributed by atoms with Crippen LogP contribution in [0.1, 0.15) is 11.1 Å². The molecule has 6 heteroatoms. The fraction of sp³-hybridized carbons (Fsp3) is 0.0175. The molecule has 0 saturated carbocycles. The van der Waals surface area contributed by atoms with Crippen molar-refractivity contribution in [2.45, 2.75) is 5.92 Å². The van der Waals surface area contributed by atoms with Crippen molar-refractivity contribution in [1.82, 2.24) is 19.9 Å². The van der Waals surface area contributed by atoms with E-state index in [0.29, 0.717) is 56.7 Å². The van der Waals surface area contributed by atoms with Gasteiger partial charge in [-0.1, -0.05) is 194 Å². The maximum absolute atomic E-state index is 17.0. The molecule has 0 radical (unpaired) electrons. The minimum atomic E-state index is -3.28. The minimum Gasteiger partial charge on any atom is -0.228 e. The molecule has 0 N–H and O–H groups in total. The highest BCUT2D eigenvalue weighted by Crippen LogP contribution is 2.53. The van der Waals surface area contributed by atoms with Crippen LogP contribution < -0.4 is 0 Å². The molecule has 0 fully saturated rings. The molecular formula is C57H36F2N4. The van der Waals surface area contributed by atoms with Gasteiger partial charge in [0.1, 0.15) is 0 Å². The van der Waals surface area contributed by atoms with Crippen molar-refractivity contribution in [1.29, 1.82) is 0 Å². The van der Waals surface area contributed by atoms with Gasteiger partial charge < -0.3 is 0 Å². The molecular weight excluding hydrogens is 779 g/mol. The first-order chi connectivity index (χ1) is 30.9. The molecule has 2 heterocycles. The zero-order chi connectivity index (χ0) is 42.3. The molecule has 0 aliphatic heterocycles. The van der Waals surface area contributed by atoms with E-state index in [1.54, 1.807) is 24.3 Å².